The van der Waals surface area contributed by atoms with Crippen LogP contribution in [0.4, 0.5) is 10.5 Å². The lowest BCUT2D eigenvalue weighted by atomic mass is 10.0. The summed E-state index contributed by atoms with van der Waals surface area (Å²) in [6, 6.07) is 7.16. The number of carbonyl (C=O) groups excluding carboxylic acids is 1. The number of carbonyl (C=O) groups is 1. The maximum atomic E-state index is 12.0. The molecule has 1 aliphatic rings. The van der Waals surface area contributed by atoms with Crippen molar-refractivity contribution < 1.29 is 4.79 Å². The zero-order chi connectivity index (χ0) is 12.3. The highest BCUT2D eigenvalue weighted by Crippen LogP contribution is 2.18. The number of rotatable bonds is 1. The Hall–Kier alpha value is -1.22. The number of halogens is 1. The van der Waals surface area contributed by atoms with Crippen molar-refractivity contribution in [2.24, 2.45) is 5.92 Å². The number of nitrogens with one attached hydrogen (secondary N) is 1. The van der Waals surface area contributed by atoms with E-state index in [1.807, 2.05) is 17.0 Å². The number of anilines is 1. The van der Waals surface area contributed by atoms with Crippen molar-refractivity contribution in [2.75, 3.05) is 18.4 Å². The lowest BCUT2D eigenvalue weighted by Gasteiger charge is -2.30. The zero-order valence-electron chi connectivity index (χ0n) is 9.95. The smallest absolute Gasteiger partial charge is 0.321 e. The molecule has 4 heteroatoms. The van der Waals surface area contributed by atoms with E-state index in [9.17, 15) is 4.79 Å². The largest absolute Gasteiger partial charge is 0.324 e. The van der Waals surface area contributed by atoms with Gasteiger partial charge in [0.2, 0.25) is 0 Å². The molecule has 1 aliphatic heterocycles. The third-order valence-corrected chi connectivity index (χ3v) is 3.29. The van der Waals surface area contributed by atoms with Gasteiger partial charge < -0.3 is 10.2 Å². The average molecular weight is 253 g/mol. The monoisotopic (exact) mass is 252 g/mol. The van der Waals surface area contributed by atoms with Crippen molar-refractivity contribution in [2.45, 2.75) is 19.8 Å². The van der Waals surface area contributed by atoms with Crippen LogP contribution in [0.5, 0.6) is 0 Å². The molecule has 0 aliphatic carbocycles. The molecule has 3 nitrogen and oxygen atoms in total. The normalized spacial score (nSPS) is 20.1. The zero-order valence-corrected chi connectivity index (χ0v) is 10.7. The number of urea groups is 1. The van der Waals surface area contributed by atoms with E-state index in [4.69, 9.17) is 11.6 Å². The minimum atomic E-state index is -0.0149. The van der Waals surface area contributed by atoms with Crippen molar-refractivity contribution >= 4 is 23.3 Å². The van der Waals surface area contributed by atoms with Gasteiger partial charge in [-0.1, -0.05) is 18.5 Å². The van der Waals surface area contributed by atoms with Crippen LogP contribution >= 0.6 is 11.6 Å². The van der Waals surface area contributed by atoms with Crippen molar-refractivity contribution in [3.63, 3.8) is 0 Å². The van der Waals surface area contributed by atoms with Gasteiger partial charge in [-0.2, -0.15) is 0 Å². The van der Waals surface area contributed by atoms with Crippen LogP contribution in [0.15, 0.2) is 24.3 Å². The molecule has 0 spiro atoms. The number of hydrogen-bond donors (Lipinski definition) is 1. The Morgan fingerprint density at radius 1 is 1.41 bits per heavy atom. The summed E-state index contributed by atoms with van der Waals surface area (Å²) >= 11 is 5.79. The van der Waals surface area contributed by atoms with Crippen molar-refractivity contribution in [1.29, 1.82) is 0 Å². The van der Waals surface area contributed by atoms with Crippen LogP contribution < -0.4 is 5.32 Å². The van der Waals surface area contributed by atoms with Gasteiger partial charge in [0.05, 0.1) is 0 Å². The van der Waals surface area contributed by atoms with Crippen molar-refractivity contribution in [3.8, 4) is 0 Å². The summed E-state index contributed by atoms with van der Waals surface area (Å²) in [5.74, 6) is 0.597. The van der Waals surface area contributed by atoms with Gasteiger partial charge >= 0.3 is 6.03 Å². The third-order valence-electron chi connectivity index (χ3n) is 3.04. The fourth-order valence-corrected chi connectivity index (χ4v) is 2.24. The molecule has 1 atom stereocenters. The lowest BCUT2D eigenvalue weighted by molar-refractivity contribution is 0.182. The minimum absolute atomic E-state index is 0.0149. The topological polar surface area (TPSA) is 32.3 Å². The molecule has 1 fully saturated rings. The average Bonchev–Trinajstić information content (AvgIpc) is 2.32. The first-order valence-corrected chi connectivity index (χ1v) is 6.34. The highest BCUT2D eigenvalue weighted by atomic mass is 35.5. The molecule has 1 aromatic rings. The molecular formula is C13H17ClN2O. The predicted octanol–water partition coefficient (Wildman–Crippen LogP) is 3.60. The van der Waals surface area contributed by atoms with Crippen LogP contribution in [0.1, 0.15) is 19.8 Å². The molecular weight excluding hydrogens is 236 g/mol. The van der Waals surface area contributed by atoms with E-state index in [-0.39, 0.29) is 6.03 Å². The van der Waals surface area contributed by atoms with E-state index in [2.05, 4.69) is 12.2 Å². The Kier molecular flexibility index (Phi) is 3.89. The Labute approximate surface area is 107 Å². The quantitative estimate of drug-likeness (QED) is 0.814. The van der Waals surface area contributed by atoms with Gasteiger partial charge in [0.15, 0.2) is 0 Å². The summed E-state index contributed by atoms with van der Waals surface area (Å²) in [5, 5.41) is 3.56. The molecule has 17 heavy (non-hydrogen) atoms. The maximum Gasteiger partial charge on any atom is 0.321 e. The number of nitrogens with zero attached hydrogens (tertiary/aromatic N) is 1. The van der Waals surface area contributed by atoms with Gasteiger partial charge in [-0.3, -0.25) is 0 Å². The number of piperidine rings is 1. The van der Waals surface area contributed by atoms with Crippen molar-refractivity contribution in [1.82, 2.24) is 4.90 Å². The Morgan fingerprint density at radius 3 is 2.76 bits per heavy atom. The lowest BCUT2D eigenvalue weighted by Crippen LogP contribution is -2.41. The minimum Gasteiger partial charge on any atom is -0.324 e. The summed E-state index contributed by atoms with van der Waals surface area (Å²) in [6.45, 7) is 3.88. The number of hydrogen-bond acceptors (Lipinski definition) is 1. The molecule has 1 aromatic carbocycles. The molecule has 0 saturated carbocycles. The number of likely N-dealkylation sites (tertiary alicyclic amines) is 1. The van der Waals surface area contributed by atoms with Crippen LogP contribution in [-0.4, -0.2) is 24.0 Å². The van der Waals surface area contributed by atoms with Crippen LogP contribution in [0.25, 0.3) is 0 Å². The van der Waals surface area contributed by atoms with E-state index in [1.165, 1.54) is 6.42 Å². The van der Waals surface area contributed by atoms with Crippen LogP contribution in [0, 0.1) is 5.92 Å². The van der Waals surface area contributed by atoms with E-state index in [1.54, 1.807) is 12.1 Å². The first-order chi connectivity index (χ1) is 8.15. The fraction of sp³-hybridized carbons (Fsp3) is 0.462. The first-order valence-electron chi connectivity index (χ1n) is 5.96. The van der Waals surface area contributed by atoms with Gasteiger partial charge in [0, 0.05) is 23.8 Å². The van der Waals surface area contributed by atoms with Crippen LogP contribution in [0.3, 0.4) is 0 Å². The van der Waals surface area contributed by atoms with E-state index in [0.29, 0.717) is 10.9 Å². The summed E-state index contributed by atoms with van der Waals surface area (Å²) in [6.07, 6.45) is 2.31. The summed E-state index contributed by atoms with van der Waals surface area (Å²) < 4.78 is 0. The molecule has 2 amide bonds. The third kappa shape index (κ3) is 3.37. The second-order valence-electron chi connectivity index (χ2n) is 4.63. The second kappa shape index (κ2) is 5.41. The van der Waals surface area contributed by atoms with E-state index >= 15 is 0 Å². The highest BCUT2D eigenvalue weighted by Gasteiger charge is 2.20. The van der Waals surface area contributed by atoms with Gasteiger partial charge in [-0.05, 0) is 43.0 Å². The summed E-state index contributed by atoms with van der Waals surface area (Å²) in [4.78, 5) is 13.9. The molecule has 0 aromatic heterocycles. The van der Waals surface area contributed by atoms with Crippen molar-refractivity contribution in [3.05, 3.63) is 29.3 Å². The molecule has 1 heterocycles. The molecule has 1 saturated heterocycles. The van der Waals surface area contributed by atoms with Gasteiger partial charge in [0.1, 0.15) is 0 Å². The van der Waals surface area contributed by atoms with Gasteiger partial charge in [-0.25, -0.2) is 4.79 Å². The first kappa shape index (κ1) is 12.2. The van der Waals surface area contributed by atoms with E-state index < -0.39 is 0 Å². The van der Waals surface area contributed by atoms with Crippen LogP contribution in [0.2, 0.25) is 5.02 Å². The van der Waals surface area contributed by atoms with E-state index in [0.717, 1.165) is 25.2 Å². The predicted molar refractivity (Wildman–Crippen MR) is 70.4 cm³/mol. The molecule has 1 N–H and O–H groups in total. The number of benzene rings is 1. The Morgan fingerprint density at radius 2 is 2.12 bits per heavy atom. The van der Waals surface area contributed by atoms with Gasteiger partial charge in [0.25, 0.3) is 0 Å². The summed E-state index contributed by atoms with van der Waals surface area (Å²) in [5.41, 5.74) is 0.789. The van der Waals surface area contributed by atoms with Crippen LogP contribution in [-0.2, 0) is 0 Å². The SMILES string of the molecule is C[C@@H]1CCCN(C(=O)Nc2ccc(Cl)cc2)C1. The fourth-order valence-electron chi connectivity index (χ4n) is 2.11. The number of amides is 2. The molecule has 0 bridgehead atoms. The summed E-state index contributed by atoms with van der Waals surface area (Å²) in [7, 11) is 0. The standard InChI is InChI=1S/C13H17ClN2O/c1-10-3-2-8-16(9-10)13(17)15-12-6-4-11(14)5-7-12/h4-7,10H,2-3,8-9H2,1H3,(H,15,17)/t10-/m1/s1. The Bertz CT molecular complexity index is 391. The molecule has 2 rings (SSSR count). The molecule has 0 unspecified atom stereocenters. The second-order valence-corrected chi connectivity index (χ2v) is 5.07. The van der Waals surface area contributed by atoms with Gasteiger partial charge in [-0.15, -0.1) is 0 Å². The Balaban J connectivity index is 1.94. The highest BCUT2D eigenvalue weighted by molar-refractivity contribution is 6.30. The molecule has 92 valence electrons. The maximum absolute atomic E-state index is 12.0. The molecule has 0 radical (unpaired) electrons.